The highest BCUT2D eigenvalue weighted by Crippen LogP contribution is 2.30. The van der Waals surface area contributed by atoms with Crippen LogP contribution >= 0.6 is 0 Å². The van der Waals surface area contributed by atoms with Gasteiger partial charge in [0.25, 0.3) is 11.8 Å². The number of carbonyl (C=O) groups excluding carboxylic acids is 2. The minimum Gasteiger partial charge on any atom is -0.493 e. The lowest BCUT2D eigenvalue weighted by atomic mass is 10.1. The summed E-state index contributed by atoms with van der Waals surface area (Å²) < 4.78 is 16.4. The first-order valence-corrected chi connectivity index (χ1v) is 10.5. The Kier molecular flexibility index (Phi) is 7.86. The highest BCUT2D eigenvalue weighted by molar-refractivity contribution is 5.97. The Labute approximate surface area is 192 Å². The van der Waals surface area contributed by atoms with Gasteiger partial charge >= 0.3 is 0 Å². The van der Waals surface area contributed by atoms with Gasteiger partial charge in [0.05, 0.1) is 18.4 Å². The predicted octanol–water partition coefficient (Wildman–Crippen LogP) is 3.92. The highest BCUT2D eigenvalue weighted by atomic mass is 16.5. The zero-order valence-electron chi connectivity index (χ0n) is 19.1. The molecule has 0 aliphatic rings. The first-order chi connectivity index (χ1) is 15.9. The summed E-state index contributed by atoms with van der Waals surface area (Å²) in [5.74, 6) is 0.933. The van der Waals surface area contributed by atoms with Crippen LogP contribution in [0.15, 0.2) is 53.1 Å². The number of hydrazine groups is 1. The Bertz CT molecular complexity index is 1130. The molecular formula is C25H27N3O5. The summed E-state index contributed by atoms with van der Waals surface area (Å²) in [5, 5.41) is 3.92. The van der Waals surface area contributed by atoms with E-state index in [-0.39, 0.29) is 5.91 Å². The van der Waals surface area contributed by atoms with Gasteiger partial charge in [-0.15, -0.1) is 0 Å². The lowest BCUT2D eigenvalue weighted by Crippen LogP contribution is -2.40. The molecule has 2 N–H and O–H groups in total. The Balaban J connectivity index is 1.56. The highest BCUT2D eigenvalue weighted by Gasteiger charge is 2.12. The van der Waals surface area contributed by atoms with Crippen LogP contribution < -0.4 is 20.3 Å². The first-order valence-electron chi connectivity index (χ1n) is 10.5. The van der Waals surface area contributed by atoms with Gasteiger partial charge in [0.15, 0.2) is 11.5 Å². The lowest BCUT2D eigenvalue weighted by Gasteiger charge is -2.11. The van der Waals surface area contributed by atoms with E-state index in [0.29, 0.717) is 29.4 Å². The van der Waals surface area contributed by atoms with E-state index in [2.05, 4.69) is 16.0 Å². The number of rotatable bonds is 8. The van der Waals surface area contributed by atoms with E-state index in [0.717, 1.165) is 28.8 Å². The number of nitrogens with one attached hydrogen (secondary N) is 2. The summed E-state index contributed by atoms with van der Waals surface area (Å²) in [5.41, 5.74) is 8.77. The van der Waals surface area contributed by atoms with Crippen molar-refractivity contribution in [3.63, 3.8) is 0 Å². The fourth-order valence-electron chi connectivity index (χ4n) is 3.06. The van der Waals surface area contributed by atoms with Crippen LogP contribution in [0.5, 0.6) is 11.5 Å². The molecule has 0 fully saturated rings. The SMILES string of the molecule is CCc1ccc(C(=O)NNC(=O)/C=C/c2ccc(OCc3c(C)noc3C)c(OC)c2)cc1. The van der Waals surface area contributed by atoms with Gasteiger partial charge in [-0.05, 0) is 61.7 Å². The van der Waals surface area contributed by atoms with Crippen molar-refractivity contribution in [2.75, 3.05) is 7.11 Å². The number of hydrogen-bond acceptors (Lipinski definition) is 6. The number of benzene rings is 2. The fourth-order valence-corrected chi connectivity index (χ4v) is 3.06. The van der Waals surface area contributed by atoms with Crippen LogP contribution in [0.3, 0.4) is 0 Å². The number of amides is 2. The molecule has 3 aromatic rings. The standard InChI is InChI=1S/C25H27N3O5/c1-5-18-6-10-20(11-7-18)25(30)27-26-24(29)13-9-19-8-12-22(23(14-19)31-4)32-15-21-16(2)28-33-17(21)3/h6-14H,5,15H2,1-4H3,(H,26,29)(H,27,30)/b13-9+. The lowest BCUT2D eigenvalue weighted by molar-refractivity contribution is -0.117. The molecule has 8 nitrogen and oxygen atoms in total. The minimum atomic E-state index is -0.466. The van der Waals surface area contributed by atoms with Gasteiger partial charge < -0.3 is 14.0 Å². The van der Waals surface area contributed by atoms with Gasteiger partial charge in [0.2, 0.25) is 0 Å². The van der Waals surface area contributed by atoms with Gasteiger partial charge in [-0.25, -0.2) is 0 Å². The molecule has 0 saturated heterocycles. The van der Waals surface area contributed by atoms with Crippen LogP contribution in [0, 0.1) is 13.8 Å². The van der Waals surface area contributed by atoms with Gasteiger partial charge in [0.1, 0.15) is 12.4 Å². The number of methoxy groups -OCH3 is 1. The summed E-state index contributed by atoms with van der Waals surface area (Å²) in [6.07, 6.45) is 3.82. The van der Waals surface area contributed by atoms with Crippen molar-refractivity contribution in [2.45, 2.75) is 33.8 Å². The zero-order valence-corrected chi connectivity index (χ0v) is 19.1. The maximum atomic E-state index is 12.1. The quantitative estimate of drug-likeness (QED) is 0.399. The second-order valence-electron chi connectivity index (χ2n) is 7.33. The molecule has 0 spiro atoms. The maximum Gasteiger partial charge on any atom is 0.269 e. The summed E-state index contributed by atoms with van der Waals surface area (Å²) in [6, 6.07) is 12.5. The molecule has 0 saturated carbocycles. The number of hydrogen-bond donors (Lipinski definition) is 2. The van der Waals surface area contributed by atoms with E-state index in [4.69, 9.17) is 14.0 Å². The van der Waals surface area contributed by atoms with Crippen LogP contribution in [0.25, 0.3) is 6.08 Å². The number of carbonyl (C=O) groups is 2. The van der Waals surface area contributed by atoms with Crippen LogP contribution in [-0.4, -0.2) is 24.1 Å². The van der Waals surface area contributed by atoms with Gasteiger partial charge in [0, 0.05) is 11.6 Å². The minimum absolute atomic E-state index is 0.302. The molecule has 0 atom stereocenters. The monoisotopic (exact) mass is 449 g/mol. The maximum absolute atomic E-state index is 12.1. The van der Waals surface area contributed by atoms with E-state index in [9.17, 15) is 9.59 Å². The third-order valence-corrected chi connectivity index (χ3v) is 5.09. The van der Waals surface area contributed by atoms with E-state index in [1.165, 1.54) is 6.08 Å². The molecule has 1 heterocycles. The van der Waals surface area contributed by atoms with Gasteiger partial charge in [-0.2, -0.15) is 0 Å². The summed E-state index contributed by atoms with van der Waals surface area (Å²) in [7, 11) is 1.54. The van der Waals surface area contributed by atoms with Crippen LogP contribution in [0.1, 0.15) is 45.4 Å². The van der Waals surface area contributed by atoms with Crippen molar-refractivity contribution >= 4 is 17.9 Å². The molecule has 3 rings (SSSR count). The molecule has 8 heteroatoms. The number of aromatic nitrogens is 1. The normalized spacial score (nSPS) is 10.8. The van der Waals surface area contributed by atoms with Crippen molar-refractivity contribution in [3.8, 4) is 11.5 Å². The molecule has 2 amide bonds. The Morgan fingerprint density at radius 3 is 2.45 bits per heavy atom. The molecule has 1 aromatic heterocycles. The molecule has 2 aromatic carbocycles. The average molecular weight is 450 g/mol. The molecule has 0 aliphatic carbocycles. The summed E-state index contributed by atoms with van der Waals surface area (Å²) >= 11 is 0. The average Bonchev–Trinajstić information content (AvgIpc) is 3.16. The Hall–Kier alpha value is -4.07. The van der Waals surface area contributed by atoms with E-state index in [1.807, 2.05) is 32.9 Å². The first kappa shape index (κ1) is 23.6. The molecule has 0 aliphatic heterocycles. The molecule has 0 unspecified atom stereocenters. The number of ether oxygens (including phenoxy) is 2. The van der Waals surface area contributed by atoms with E-state index >= 15 is 0 Å². The van der Waals surface area contributed by atoms with E-state index < -0.39 is 5.91 Å². The largest absolute Gasteiger partial charge is 0.493 e. The Morgan fingerprint density at radius 2 is 1.82 bits per heavy atom. The number of aryl methyl sites for hydroxylation is 3. The van der Waals surface area contributed by atoms with Crippen molar-refractivity contribution in [3.05, 3.63) is 82.2 Å². The molecule has 172 valence electrons. The van der Waals surface area contributed by atoms with Crippen molar-refractivity contribution < 1.29 is 23.6 Å². The molecule has 0 radical (unpaired) electrons. The summed E-state index contributed by atoms with van der Waals surface area (Å²) in [4.78, 5) is 24.2. The predicted molar refractivity (Wildman–Crippen MR) is 124 cm³/mol. The second-order valence-corrected chi connectivity index (χ2v) is 7.33. The van der Waals surface area contributed by atoms with E-state index in [1.54, 1.807) is 43.5 Å². The van der Waals surface area contributed by atoms with Gasteiger partial charge in [-0.1, -0.05) is 30.3 Å². The fraction of sp³-hybridized carbons (Fsp3) is 0.240. The van der Waals surface area contributed by atoms with Crippen LogP contribution in [-0.2, 0) is 17.8 Å². The Morgan fingerprint density at radius 1 is 1.06 bits per heavy atom. The van der Waals surface area contributed by atoms with Crippen LogP contribution in [0.2, 0.25) is 0 Å². The number of nitrogens with zero attached hydrogens (tertiary/aromatic N) is 1. The summed E-state index contributed by atoms with van der Waals surface area (Å²) in [6.45, 7) is 6.03. The van der Waals surface area contributed by atoms with Crippen molar-refractivity contribution in [1.29, 1.82) is 0 Å². The van der Waals surface area contributed by atoms with Crippen molar-refractivity contribution in [1.82, 2.24) is 16.0 Å². The smallest absolute Gasteiger partial charge is 0.269 e. The van der Waals surface area contributed by atoms with Gasteiger partial charge in [-0.3, -0.25) is 20.4 Å². The molecular weight excluding hydrogens is 422 g/mol. The molecule has 33 heavy (non-hydrogen) atoms. The van der Waals surface area contributed by atoms with Crippen LogP contribution in [0.4, 0.5) is 0 Å². The topological polar surface area (TPSA) is 103 Å². The molecule has 0 bridgehead atoms. The third-order valence-electron chi connectivity index (χ3n) is 5.09. The zero-order chi connectivity index (χ0) is 23.8. The second kappa shape index (κ2) is 11.0. The third kappa shape index (κ3) is 6.22. The van der Waals surface area contributed by atoms with Crippen molar-refractivity contribution in [2.24, 2.45) is 0 Å².